The summed E-state index contributed by atoms with van der Waals surface area (Å²) in [5.74, 6) is 0.397. The molecule has 3 nitrogen and oxygen atoms in total. The Balaban J connectivity index is 2.31. The van der Waals surface area contributed by atoms with Crippen molar-refractivity contribution in [1.29, 1.82) is 0 Å². The molecule has 102 valence electrons. The lowest BCUT2D eigenvalue weighted by molar-refractivity contribution is 0.627. The van der Waals surface area contributed by atoms with E-state index in [0.29, 0.717) is 11.5 Å². The lowest BCUT2D eigenvalue weighted by atomic mass is 10.3. The van der Waals surface area contributed by atoms with Gasteiger partial charge in [0.25, 0.3) is 0 Å². The summed E-state index contributed by atoms with van der Waals surface area (Å²) in [6, 6.07) is 8.06. The van der Waals surface area contributed by atoms with E-state index in [2.05, 4.69) is 25.9 Å². The summed E-state index contributed by atoms with van der Waals surface area (Å²) in [6.45, 7) is 1.85. The molecule has 6 heteroatoms. The molecule has 0 radical (unpaired) electrons. The van der Waals surface area contributed by atoms with Crippen molar-refractivity contribution in [2.24, 2.45) is 0 Å². The molecule has 3 rings (SSSR count). The largest absolute Gasteiger partial charge is 0.279 e. The van der Waals surface area contributed by atoms with E-state index in [9.17, 15) is 4.39 Å². The molecule has 1 aromatic carbocycles. The average Bonchev–Trinajstić information content (AvgIpc) is 2.78. The Morgan fingerprint density at radius 1 is 1.30 bits per heavy atom. The van der Waals surface area contributed by atoms with Crippen LogP contribution >= 0.6 is 27.5 Å². The van der Waals surface area contributed by atoms with Crippen LogP contribution in [0.25, 0.3) is 16.9 Å². The summed E-state index contributed by atoms with van der Waals surface area (Å²) in [5.41, 5.74) is 2.22. The van der Waals surface area contributed by atoms with Gasteiger partial charge in [0.15, 0.2) is 5.65 Å². The molecule has 0 aliphatic heterocycles. The Labute approximate surface area is 128 Å². The minimum Gasteiger partial charge on any atom is -0.279 e. The van der Waals surface area contributed by atoms with E-state index >= 15 is 0 Å². The number of halogens is 3. The molecule has 20 heavy (non-hydrogen) atoms. The maximum atomic E-state index is 13.1. The van der Waals surface area contributed by atoms with Crippen molar-refractivity contribution in [3.8, 4) is 5.69 Å². The molecule has 0 saturated carbocycles. The first kappa shape index (κ1) is 13.5. The third-order valence-electron chi connectivity index (χ3n) is 2.93. The molecule has 3 aromatic rings. The lowest BCUT2D eigenvalue weighted by Crippen LogP contribution is -2.02. The highest BCUT2D eigenvalue weighted by molar-refractivity contribution is 9.10. The number of hydrogen-bond acceptors (Lipinski definition) is 2. The van der Waals surface area contributed by atoms with Gasteiger partial charge < -0.3 is 0 Å². The van der Waals surface area contributed by atoms with Crippen LogP contribution in [0, 0.1) is 5.82 Å². The van der Waals surface area contributed by atoms with Gasteiger partial charge in [-0.2, -0.15) is 0 Å². The molecule has 0 saturated heterocycles. The zero-order valence-corrected chi connectivity index (χ0v) is 12.9. The van der Waals surface area contributed by atoms with Crippen LogP contribution in [0.4, 0.5) is 4.39 Å². The van der Waals surface area contributed by atoms with Gasteiger partial charge >= 0.3 is 0 Å². The summed E-state index contributed by atoms with van der Waals surface area (Å²) in [5, 5.41) is -0.284. The van der Waals surface area contributed by atoms with Gasteiger partial charge in [0.2, 0.25) is 0 Å². The maximum Gasteiger partial charge on any atom is 0.164 e. The Hall–Kier alpha value is -1.46. The average molecular weight is 355 g/mol. The van der Waals surface area contributed by atoms with Gasteiger partial charge in [0, 0.05) is 16.4 Å². The highest BCUT2D eigenvalue weighted by atomic mass is 79.9. The first-order valence-electron chi connectivity index (χ1n) is 6.00. The topological polar surface area (TPSA) is 30.7 Å². The Bertz CT molecular complexity index is 768. The molecule has 0 bridgehead atoms. The second-order valence-corrected chi connectivity index (χ2v) is 5.96. The normalized spacial score (nSPS) is 12.8. The van der Waals surface area contributed by atoms with Gasteiger partial charge in [0.05, 0.1) is 5.38 Å². The van der Waals surface area contributed by atoms with Gasteiger partial charge in [0.1, 0.15) is 17.2 Å². The fourth-order valence-electron chi connectivity index (χ4n) is 2.07. The molecule has 0 amide bonds. The smallest absolute Gasteiger partial charge is 0.164 e. The van der Waals surface area contributed by atoms with E-state index in [1.165, 1.54) is 12.1 Å². The van der Waals surface area contributed by atoms with Crippen molar-refractivity contribution in [2.45, 2.75) is 12.3 Å². The quantitative estimate of drug-likeness (QED) is 0.629. The van der Waals surface area contributed by atoms with Crippen molar-refractivity contribution in [3.63, 3.8) is 0 Å². The van der Waals surface area contributed by atoms with Gasteiger partial charge in [-0.1, -0.05) is 0 Å². The van der Waals surface area contributed by atoms with E-state index in [-0.39, 0.29) is 11.2 Å². The van der Waals surface area contributed by atoms with Gasteiger partial charge in [-0.3, -0.25) is 4.57 Å². The number of rotatable bonds is 2. The fraction of sp³-hybridized carbons (Fsp3) is 0.143. The van der Waals surface area contributed by atoms with E-state index in [1.807, 2.05) is 17.6 Å². The van der Waals surface area contributed by atoms with Crippen LogP contribution in [-0.2, 0) is 0 Å². The molecular weight excluding hydrogens is 345 g/mol. The number of nitrogens with zero attached hydrogens (tertiary/aromatic N) is 3. The molecule has 0 aliphatic carbocycles. The minimum absolute atomic E-state index is 0.283. The molecule has 2 heterocycles. The second kappa shape index (κ2) is 5.14. The Kier molecular flexibility index (Phi) is 3.48. The second-order valence-electron chi connectivity index (χ2n) is 4.39. The maximum absolute atomic E-state index is 13.1. The monoisotopic (exact) mass is 353 g/mol. The van der Waals surface area contributed by atoms with Crippen molar-refractivity contribution in [3.05, 3.63) is 52.6 Å². The molecule has 0 aliphatic rings. The molecule has 0 fully saturated rings. The number of fused-ring (bicyclic) bond motifs is 1. The molecule has 1 unspecified atom stereocenters. The van der Waals surface area contributed by atoms with Gasteiger partial charge in [-0.05, 0) is 53.2 Å². The van der Waals surface area contributed by atoms with Gasteiger partial charge in [-0.15, -0.1) is 11.6 Å². The van der Waals surface area contributed by atoms with Crippen LogP contribution in [-0.4, -0.2) is 14.5 Å². The first-order valence-corrected chi connectivity index (χ1v) is 7.23. The van der Waals surface area contributed by atoms with Crippen LogP contribution in [0.5, 0.6) is 0 Å². The number of imidazole rings is 1. The van der Waals surface area contributed by atoms with E-state index in [0.717, 1.165) is 15.7 Å². The fourth-order valence-corrected chi connectivity index (χ4v) is 2.53. The molecule has 1 atom stereocenters. The molecule has 0 N–H and O–H groups in total. The van der Waals surface area contributed by atoms with Crippen molar-refractivity contribution < 1.29 is 4.39 Å². The van der Waals surface area contributed by atoms with Crippen molar-refractivity contribution >= 4 is 38.7 Å². The predicted molar refractivity (Wildman–Crippen MR) is 80.8 cm³/mol. The SMILES string of the molecule is CC(Cl)c1nc2cc(Br)cnc2n1-c1ccc(F)cc1. The highest BCUT2D eigenvalue weighted by Crippen LogP contribution is 2.28. The summed E-state index contributed by atoms with van der Waals surface area (Å²) in [7, 11) is 0. The number of alkyl halides is 1. The van der Waals surface area contributed by atoms with Crippen LogP contribution in [0.1, 0.15) is 18.1 Å². The third-order valence-corrected chi connectivity index (χ3v) is 3.56. The van der Waals surface area contributed by atoms with Crippen LogP contribution in [0.3, 0.4) is 0 Å². The highest BCUT2D eigenvalue weighted by Gasteiger charge is 2.17. The van der Waals surface area contributed by atoms with Crippen LogP contribution < -0.4 is 0 Å². The predicted octanol–water partition coefficient (Wildman–Crippen LogP) is 4.62. The number of aromatic nitrogens is 3. The summed E-state index contributed by atoms with van der Waals surface area (Å²) < 4.78 is 15.8. The van der Waals surface area contributed by atoms with Gasteiger partial charge in [-0.25, -0.2) is 14.4 Å². The summed E-state index contributed by atoms with van der Waals surface area (Å²) >= 11 is 9.58. The summed E-state index contributed by atoms with van der Waals surface area (Å²) in [6.07, 6.45) is 1.70. The van der Waals surface area contributed by atoms with E-state index in [4.69, 9.17) is 11.6 Å². The molecule has 2 aromatic heterocycles. The standard InChI is InChI=1S/C14H10BrClFN3/c1-8(16)13-19-12-6-9(15)7-18-14(12)20(13)11-4-2-10(17)3-5-11/h2-8H,1H3. The number of benzene rings is 1. The zero-order valence-electron chi connectivity index (χ0n) is 10.5. The summed E-state index contributed by atoms with van der Waals surface area (Å²) in [4.78, 5) is 8.90. The Morgan fingerprint density at radius 3 is 2.65 bits per heavy atom. The zero-order chi connectivity index (χ0) is 14.3. The third kappa shape index (κ3) is 2.31. The number of pyridine rings is 1. The number of hydrogen-bond donors (Lipinski definition) is 0. The van der Waals surface area contributed by atoms with Crippen molar-refractivity contribution in [2.75, 3.05) is 0 Å². The minimum atomic E-state index is -0.284. The van der Waals surface area contributed by atoms with Crippen LogP contribution in [0.2, 0.25) is 0 Å². The molecular formula is C14H10BrClFN3. The first-order chi connectivity index (χ1) is 9.56. The van der Waals surface area contributed by atoms with Crippen LogP contribution in [0.15, 0.2) is 41.0 Å². The molecule has 0 spiro atoms. The van der Waals surface area contributed by atoms with Crippen molar-refractivity contribution in [1.82, 2.24) is 14.5 Å². The Morgan fingerprint density at radius 2 is 2.00 bits per heavy atom. The lowest BCUT2D eigenvalue weighted by Gasteiger charge is -2.09. The van der Waals surface area contributed by atoms with E-state index < -0.39 is 0 Å². The van der Waals surface area contributed by atoms with E-state index in [1.54, 1.807) is 18.3 Å².